The topological polar surface area (TPSA) is 75.6 Å². The molecule has 2 atom stereocenters. The van der Waals surface area contributed by atoms with E-state index in [0.29, 0.717) is 12.5 Å². The molecule has 1 rings (SSSR count). The lowest BCUT2D eigenvalue weighted by Gasteiger charge is -2.36. The molecule has 0 aromatic heterocycles. The minimum atomic E-state index is -0.871. The third-order valence-electron chi connectivity index (χ3n) is 3.99. The quantitative estimate of drug-likeness (QED) is 0.701. The largest absolute Gasteiger partial charge is 0.368 e. The molecule has 18 heavy (non-hydrogen) atoms. The van der Waals surface area contributed by atoms with E-state index >= 15 is 0 Å². The molecule has 4 N–H and O–H groups in total. The van der Waals surface area contributed by atoms with E-state index in [1.807, 2.05) is 0 Å². The number of hydrogen-bond donors (Lipinski definition) is 2. The fourth-order valence-electron chi connectivity index (χ4n) is 2.50. The molecule has 106 valence electrons. The van der Waals surface area contributed by atoms with Crippen molar-refractivity contribution in [1.82, 2.24) is 9.80 Å². The molecule has 1 amide bonds. The summed E-state index contributed by atoms with van der Waals surface area (Å²) in [6, 6.07) is 0.626. The van der Waals surface area contributed by atoms with E-state index in [1.165, 1.54) is 19.4 Å². The number of likely N-dealkylation sites (N-methyl/N-ethyl adjacent to an activating group) is 2. The van der Waals surface area contributed by atoms with E-state index in [0.717, 1.165) is 19.5 Å². The summed E-state index contributed by atoms with van der Waals surface area (Å²) in [6.07, 6.45) is 4.08. The number of carbonyl (C=O) groups is 1. The van der Waals surface area contributed by atoms with E-state index < -0.39 is 11.4 Å². The smallest absolute Gasteiger partial charge is 0.237 e. The molecule has 5 heteroatoms. The van der Waals surface area contributed by atoms with Crippen LogP contribution < -0.4 is 11.5 Å². The molecule has 0 radical (unpaired) electrons. The molecule has 0 bridgehead atoms. The number of nitrogens with zero attached hydrogens (tertiary/aromatic N) is 2. The van der Waals surface area contributed by atoms with Gasteiger partial charge >= 0.3 is 0 Å². The highest BCUT2D eigenvalue weighted by Crippen LogP contribution is 2.15. The Morgan fingerprint density at radius 3 is 2.78 bits per heavy atom. The predicted octanol–water partition coefficient (Wildman–Crippen LogP) is -0.00470. The lowest BCUT2D eigenvalue weighted by molar-refractivity contribution is -0.122. The first kappa shape index (κ1) is 15.4. The van der Waals surface area contributed by atoms with Crippen LogP contribution in [0.1, 0.15) is 32.6 Å². The monoisotopic (exact) mass is 256 g/mol. The van der Waals surface area contributed by atoms with Gasteiger partial charge < -0.3 is 21.3 Å². The fraction of sp³-hybridized carbons (Fsp3) is 0.923. The van der Waals surface area contributed by atoms with Gasteiger partial charge in [0.05, 0.1) is 5.54 Å². The molecule has 2 unspecified atom stereocenters. The Labute approximate surface area is 110 Å². The van der Waals surface area contributed by atoms with Crippen LogP contribution in [0.3, 0.4) is 0 Å². The molecule has 1 aliphatic heterocycles. The number of hydrogen-bond acceptors (Lipinski definition) is 4. The Hall–Kier alpha value is -0.650. The molecular weight excluding hydrogens is 228 g/mol. The van der Waals surface area contributed by atoms with Crippen LogP contribution in [0.2, 0.25) is 0 Å². The van der Waals surface area contributed by atoms with Gasteiger partial charge in [0.25, 0.3) is 0 Å². The first-order valence-corrected chi connectivity index (χ1v) is 6.80. The van der Waals surface area contributed by atoms with Gasteiger partial charge in [-0.05, 0) is 59.8 Å². The third-order valence-corrected chi connectivity index (χ3v) is 3.99. The molecule has 0 saturated carbocycles. The summed E-state index contributed by atoms with van der Waals surface area (Å²) in [5.41, 5.74) is 10.2. The van der Waals surface area contributed by atoms with Crippen LogP contribution in [-0.4, -0.2) is 61.0 Å². The van der Waals surface area contributed by atoms with Crippen molar-refractivity contribution in [2.45, 2.75) is 44.2 Å². The van der Waals surface area contributed by atoms with Crippen LogP contribution >= 0.6 is 0 Å². The average Bonchev–Trinajstić information content (AvgIpc) is 2.28. The molecule has 1 fully saturated rings. The van der Waals surface area contributed by atoms with E-state index in [1.54, 1.807) is 6.92 Å². The van der Waals surface area contributed by atoms with Gasteiger partial charge in [0.2, 0.25) is 5.91 Å². The fourth-order valence-corrected chi connectivity index (χ4v) is 2.50. The van der Waals surface area contributed by atoms with Crippen LogP contribution in [0.5, 0.6) is 0 Å². The van der Waals surface area contributed by atoms with Gasteiger partial charge in [-0.3, -0.25) is 4.79 Å². The minimum Gasteiger partial charge on any atom is -0.368 e. The van der Waals surface area contributed by atoms with Crippen molar-refractivity contribution in [3.8, 4) is 0 Å². The zero-order valence-electron chi connectivity index (χ0n) is 12.0. The van der Waals surface area contributed by atoms with Crippen LogP contribution in [0.15, 0.2) is 0 Å². The first-order valence-electron chi connectivity index (χ1n) is 6.80. The predicted molar refractivity (Wildman–Crippen MR) is 74.2 cm³/mol. The standard InChI is InChI=1S/C13H28N4O/c1-13(15,12(14)18)7-5-9-17(3)11-6-4-8-16(2)10-11/h11H,4-10,15H2,1-3H3,(H2,14,18). The summed E-state index contributed by atoms with van der Waals surface area (Å²) in [7, 11) is 4.33. The van der Waals surface area contributed by atoms with Crippen molar-refractivity contribution >= 4 is 5.91 Å². The van der Waals surface area contributed by atoms with Gasteiger partial charge in [-0.15, -0.1) is 0 Å². The highest BCUT2D eigenvalue weighted by molar-refractivity contribution is 5.83. The SMILES string of the molecule is CN1CCCC(N(C)CCCC(C)(N)C(N)=O)C1. The number of amides is 1. The van der Waals surface area contributed by atoms with Gasteiger partial charge in [0.15, 0.2) is 0 Å². The molecule has 0 aliphatic carbocycles. The molecule has 5 nitrogen and oxygen atoms in total. The van der Waals surface area contributed by atoms with Gasteiger partial charge in [-0.2, -0.15) is 0 Å². The van der Waals surface area contributed by atoms with E-state index in [9.17, 15) is 4.79 Å². The Kier molecular flexibility index (Phi) is 5.56. The Morgan fingerprint density at radius 1 is 1.56 bits per heavy atom. The number of carbonyl (C=O) groups excluding carboxylic acids is 1. The molecule has 1 heterocycles. The van der Waals surface area contributed by atoms with E-state index in [4.69, 9.17) is 11.5 Å². The van der Waals surface area contributed by atoms with Crippen molar-refractivity contribution in [3.63, 3.8) is 0 Å². The summed E-state index contributed by atoms with van der Waals surface area (Å²) in [6.45, 7) is 5.02. The van der Waals surface area contributed by atoms with Gasteiger partial charge in [0, 0.05) is 12.6 Å². The third kappa shape index (κ3) is 4.55. The molecular formula is C13H28N4O. The van der Waals surface area contributed by atoms with Crippen LogP contribution in [0.4, 0.5) is 0 Å². The van der Waals surface area contributed by atoms with Crippen LogP contribution in [0.25, 0.3) is 0 Å². The number of nitrogens with two attached hydrogens (primary N) is 2. The minimum absolute atomic E-state index is 0.414. The number of rotatable bonds is 6. The van der Waals surface area contributed by atoms with Crippen molar-refractivity contribution in [2.75, 3.05) is 33.7 Å². The summed E-state index contributed by atoms with van der Waals surface area (Å²) in [5.74, 6) is -0.414. The van der Waals surface area contributed by atoms with Crippen molar-refractivity contribution in [3.05, 3.63) is 0 Å². The summed E-state index contributed by atoms with van der Waals surface area (Å²) in [5, 5.41) is 0. The average molecular weight is 256 g/mol. The Bertz CT molecular complexity index is 280. The lowest BCUT2D eigenvalue weighted by atomic mass is 9.96. The number of piperidine rings is 1. The van der Waals surface area contributed by atoms with Gasteiger partial charge in [-0.25, -0.2) is 0 Å². The Balaban J connectivity index is 2.28. The maximum atomic E-state index is 11.1. The van der Waals surface area contributed by atoms with Crippen molar-refractivity contribution < 1.29 is 4.79 Å². The zero-order chi connectivity index (χ0) is 13.8. The second-order valence-electron chi connectivity index (χ2n) is 5.92. The summed E-state index contributed by atoms with van der Waals surface area (Å²) < 4.78 is 0. The highest BCUT2D eigenvalue weighted by Gasteiger charge is 2.26. The van der Waals surface area contributed by atoms with E-state index in [2.05, 4.69) is 23.9 Å². The molecule has 1 aliphatic rings. The molecule has 0 aromatic rings. The van der Waals surface area contributed by atoms with Crippen molar-refractivity contribution in [1.29, 1.82) is 0 Å². The number of likely N-dealkylation sites (tertiary alicyclic amines) is 1. The second-order valence-corrected chi connectivity index (χ2v) is 5.92. The second kappa shape index (κ2) is 6.50. The maximum Gasteiger partial charge on any atom is 0.237 e. The van der Waals surface area contributed by atoms with Crippen LogP contribution in [-0.2, 0) is 4.79 Å². The maximum absolute atomic E-state index is 11.1. The van der Waals surface area contributed by atoms with Gasteiger partial charge in [0.1, 0.15) is 0 Å². The molecule has 0 aromatic carbocycles. The Morgan fingerprint density at radius 2 is 2.22 bits per heavy atom. The molecule has 1 saturated heterocycles. The zero-order valence-corrected chi connectivity index (χ0v) is 12.0. The van der Waals surface area contributed by atoms with Gasteiger partial charge in [-0.1, -0.05) is 0 Å². The van der Waals surface area contributed by atoms with E-state index in [-0.39, 0.29) is 0 Å². The van der Waals surface area contributed by atoms with Crippen molar-refractivity contribution in [2.24, 2.45) is 11.5 Å². The lowest BCUT2D eigenvalue weighted by Crippen LogP contribution is -2.50. The summed E-state index contributed by atoms with van der Waals surface area (Å²) in [4.78, 5) is 15.9. The first-order chi connectivity index (χ1) is 8.33. The normalized spacial score (nSPS) is 25.1. The summed E-state index contributed by atoms with van der Waals surface area (Å²) >= 11 is 0. The van der Waals surface area contributed by atoms with Crippen LogP contribution in [0, 0.1) is 0 Å². The highest BCUT2D eigenvalue weighted by atomic mass is 16.1. The molecule has 0 spiro atoms. The number of primary amides is 1.